The molecule has 110 valence electrons. The van der Waals surface area contributed by atoms with E-state index in [0.29, 0.717) is 5.69 Å². The number of nitrogens with one attached hydrogen (secondary N) is 1. The molecule has 0 unspecified atom stereocenters. The zero-order valence-corrected chi connectivity index (χ0v) is 12.7. The van der Waals surface area contributed by atoms with Crippen LogP contribution in [-0.2, 0) is 0 Å². The minimum atomic E-state index is -0.435. The van der Waals surface area contributed by atoms with Crippen molar-refractivity contribution in [2.45, 2.75) is 23.8 Å². The highest BCUT2D eigenvalue weighted by Gasteiger charge is 2.32. The zero-order valence-electron chi connectivity index (χ0n) is 11.9. The largest absolute Gasteiger partial charge is 0.392 e. The van der Waals surface area contributed by atoms with Crippen LogP contribution in [0.15, 0.2) is 53.4 Å². The smallest absolute Gasteiger partial charge is 0.0683 e. The normalized spacial score (nSPS) is 25.0. The summed E-state index contributed by atoms with van der Waals surface area (Å²) in [7, 11) is 0. The van der Waals surface area contributed by atoms with E-state index in [2.05, 4.69) is 24.5 Å². The first-order chi connectivity index (χ1) is 10.2. The number of hydrogen-bond donors (Lipinski definition) is 3. The second-order valence-electron chi connectivity index (χ2n) is 5.53. The molecule has 0 bridgehead atoms. The van der Waals surface area contributed by atoms with E-state index in [1.165, 1.54) is 4.90 Å². The summed E-state index contributed by atoms with van der Waals surface area (Å²) in [6.07, 6.45) is -0.435. The molecule has 1 heterocycles. The van der Waals surface area contributed by atoms with Crippen molar-refractivity contribution in [1.29, 1.82) is 0 Å². The fourth-order valence-corrected chi connectivity index (χ4v) is 4.02. The average Bonchev–Trinajstić information content (AvgIpc) is 2.65. The summed E-state index contributed by atoms with van der Waals surface area (Å²) >= 11 is 1.77. The molecule has 3 nitrogen and oxygen atoms in total. The number of anilines is 1. The zero-order chi connectivity index (χ0) is 14.8. The van der Waals surface area contributed by atoms with Crippen LogP contribution in [0.3, 0.4) is 0 Å². The lowest BCUT2D eigenvalue weighted by molar-refractivity contribution is 0.111. The Bertz CT molecular complexity index is 617. The molecule has 0 saturated heterocycles. The van der Waals surface area contributed by atoms with Crippen LogP contribution in [0.4, 0.5) is 5.69 Å². The van der Waals surface area contributed by atoms with Crippen molar-refractivity contribution in [1.82, 2.24) is 0 Å². The summed E-state index contributed by atoms with van der Waals surface area (Å²) in [5.41, 5.74) is 5.03. The van der Waals surface area contributed by atoms with Crippen molar-refractivity contribution in [3.63, 3.8) is 0 Å². The summed E-state index contributed by atoms with van der Waals surface area (Å²) in [5.74, 6) is 1.03. The second-order valence-corrected chi connectivity index (χ2v) is 6.59. The van der Waals surface area contributed by atoms with Crippen LogP contribution in [0.1, 0.15) is 24.0 Å². The van der Waals surface area contributed by atoms with E-state index in [4.69, 9.17) is 5.21 Å². The van der Waals surface area contributed by atoms with Gasteiger partial charge in [0.1, 0.15) is 0 Å². The van der Waals surface area contributed by atoms with E-state index in [0.717, 1.165) is 16.9 Å². The molecule has 4 heteroatoms. The monoisotopic (exact) mass is 301 g/mol. The first-order valence-corrected chi connectivity index (χ1v) is 8.09. The molecule has 21 heavy (non-hydrogen) atoms. The minimum Gasteiger partial charge on any atom is -0.392 e. The third-order valence-corrected chi connectivity index (χ3v) is 5.43. The van der Waals surface area contributed by atoms with E-state index in [1.807, 2.05) is 36.4 Å². The molecule has 1 aliphatic rings. The van der Waals surface area contributed by atoms with Gasteiger partial charge >= 0.3 is 0 Å². The maximum Gasteiger partial charge on any atom is 0.0683 e. The lowest BCUT2D eigenvalue weighted by atomic mass is 9.82. The quantitative estimate of drug-likeness (QED) is 0.740. The van der Waals surface area contributed by atoms with Crippen LogP contribution < -0.4 is 5.48 Å². The molecule has 0 radical (unpaired) electrons. The number of aliphatic hydroxyl groups is 1. The highest BCUT2D eigenvalue weighted by atomic mass is 32.2. The van der Waals surface area contributed by atoms with Crippen molar-refractivity contribution in [3.8, 4) is 0 Å². The van der Waals surface area contributed by atoms with Crippen molar-refractivity contribution in [3.05, 3.63) is 59.7 Å². The van der Waals surface area contributed by atoms with Gasteiger partial charge in [0.2, 0.25) is 0 Å². The Morgan fingerprint density at radius 3 is 2.62 bits per heavy atom. The number of benzene rings is 2. The van der Waals surface area contributed by atoms with Gasteiger partial charge in [-0.15, -0.1) is 11.8 Å². The Labute approximate surface area is 129 Å². The van der Waals surface area contributed by atoms with Crippen LogP contribution >= 0.6 is 11.8 Å². The van der Waals surface area contributed by atoms with Crippen LogP contribution in [0, 0.1) is 5.92 Å². The van der Waals surface area contributed by atoms with Gasteiger partial charge in [0.15, 0.2) is 0 Å². The van der Waals surface area contributed by atoms with E-state index < -0.39 is 6.10 Å². The number of fused-ring (bicyclic) bond motifs is 1. The molecule has 3 atom stereocenters. The molecule has 0 spiro atoms. The van der Waals surface area contributed by atoms with Gasteiger partial charge in [0.05, 0.1) is 11.8 Å². The fraction of sp³-hybridized carbons (Fsp3) is 0.294. The topological polar surface area (TPSA) is 52.5 Å². The lowest BCUT2D eigenvalue weighted by Crippen LogP contribution is -2.26. The van der Waals surface area contributed by atoms with Crippen molar-refractivity contribution in [2.75, 3.05) is 11.2 Å². The molecule has 0 amide bonds. The summed E-state index contributed by atoms with van der Waals surface area (Å²) in [6.45, 7) is 2.09. The third kappa shape index (κ3) is 2.79. The molecule has 3 N–H and O–H groups in total. The van der Waals surface area contributed by atoms with Gasteiger partial charge in [0, 0.05) is 16.6 Å². The number of thioether (sulfide) groups is 1. The van der Waals surface area contributed by atoms with Gasteiger partial charge in [0.25, 0.3) is 0 Å². The van der Waals surface area contributed by atoms with Crippen LogP contribution in [0.2, 0.25) is 0 Å². The summed E-state index contributed by atoms with van der Waals surface area (Å²) in [6, 6.07) is 15.9. The summed E-state index contributed by atoms with van der Waals surface area (Å²) in [5, 5.41) is 19.9. The molecule has 3 rings (SSSR count). The second kappa shape index (κ2) is 6.10. The van der Waals surface area contributed by atoms with E-state index in [9.17, 15) is 5.11 Å². The molecule has 2 aromatic rings. The van der Waals surface area contributed by atoms with E-state index >= 15 is 0 Å². The Morgan fingerprint density at radius 1 is 1.14 bits per heavy atom. The van der Waals surface area contributed by atoms with E-state index in [-0.39, 0.29) is 11.8 Å². The molecule has 0 fully saturated rings. The molecular formula is C17H19NO2S. The maximum absolute atomic E-state index is 10.8. The molecule has 2 aromatic carbocycles. The highest BCUT2D eigenvalue weighted by Crippen LogP contribution is 2.42. The molecule has 1 aliphatic heterocycles. The highest BCUT2D eigenvalue weighted by molar-refractivity contribution is 7.99. The van der Waals surface area contributed by atoms with Gasteiger partial charge in [-0.25, -0.2) is 0 Å². The van der Waals surface area contributed by atoms with Gasteiger partial charge in [-0.3, -0.25) is 10.7 Å². The number of hydrogen-bond acceptors (Lipinski definition) is 4. The first kappa shape index (κ1) is 14.4. The standard InChI is InChI=1S/C17H19NO2S/c1-11-10-21-15-8-7-13(18-20)9-14(15)16(17(11)19)12-5-3-2-4-6-12/h2-9,11,16-20H,10H2,1H3/t11-,16-,17+/m1/s1. The minimum absolute atomic E-state index is 0.0699. The van der Waals surface area contributed by atoms with Gasteiger partial charge in [-0.05, 0) is 35.2 Å². The number of rotatable bonds is 2. The van der Waals surface area contributed by atoms with Crippen LogP contribution in [-0.4, -0.2) is 22.2 Å². The SMILES string of the molecule is C[C@@H]1CSc2ccc(NO)cc2[C@@H](c2ccccc2)[C@H]1O. The number of aliphatic hydroxyl groups excluding tert-OH is 1. The van der Waals surface area contributed by atoms with Crippen molar-refractivity contribution < 1.29 is 10.3 Å². The predicted octanol–water partition coefficient (Wildman–Crippen LogP) is 3.72. The molecular weight excluding hydrogens is 282 g/mol. The Morgan fingerprint density at radius 2 is 1.90 bits per heavy atom. The molecule has 0 aliphatic carbocycles. The Kier molecular flexibility index (Phi) is 4.19. The summed E-state index contributed by atoms with van der Waals surface area (Å²) in [4.78, 5) is 1.17. The molecule has 0 aromatic heterocycles. The first-order valence-electron chi connectivity index (χ1n) is 7.10. The van der Waals surface area contributed by atoms with Gasteiger partial charge in [-0.2, -0.15) is 0 Å². The third-order valence-electron chi connectivity index (χ3n) is 4.06. The predicted molar refractivity (Wildman–Crippen MR) is 86.0 cm³/mol. The lowest BCUT2D eigenvalue weighted by Gasteiger charge is -2.26. The van der Waals surface area contributed by atoms with E-state index in [1.54, 1.807) is 11.8 Å². The maximum atomic E-state index is 10.8. The van der Waals surface area contributed by atoms with Crippen LogP contribution in [0.25, 0.3) is 0 Å². The Balaban J connectivity index is 2.14. The van der Waals surface area contributed by atoms with Crippen LogP contribution in [0.5, 0.6) is 0 Å². The van der Waals surface area contributed by atoms with Gasteiger partial charge < -0.3 is 5.11 Å². The fourth-order valence-electron chi connectivity index (χ4n) is 2.86. The Hall–Kier alpha value is -1.49. The molecule has 0 saturated carbocycles. The average molecular weight is 301 g/mol. The summed E-state index contributed by atoms with van der Waals surface area (Å²) < 4.78 is 0. The van der Waals surface area contributed by atoms with Gasteiger partial charge in [-0.1, -0.05) is 37.3 Å². The van der Waals surface area contributed by atoms with Crippen molar-refractivity contribution >= 4 is 17.4 Å². The van der Waals surface area contributed by atoms with Crippen molar-refractivity contribution in [2.24, 2.45) is 5.92 Å².